The predicted molar refractivity (Wildman–Crippen MR) is 56.6 cm³/mol. The summed E-state index contributed by atoms with van der Waals surface area (Å²) in [6, 6.07) is 7.76. The molecule has 1 N–H and O–H groups in total. The van der Waals surface area contributed by atoms with Crippen molar-refractivity contribution < 1.29 is 5.11 Å². The van der Waals surface area contributed by atoms with Gasteiger partial charge in [0.05, 0.1) is 6.10 Å². The normalized spacial score (nSPS) is 12.1. The lowest BCUT2D eigenvalue weighted by atomic mass is 10.1. The van der Waals surface area contributed by atoms with Gasteiger partial charge in [0.25, 0.3) is 0 Å². The molecule has 1 atom stereocenters. The molecule has 0 heterocycles. The summed E-state index contributed by atoms with van der Waals surface area (Å²) in [5, 5.41) is 9.68. The molecular weight excluding hydrogens is 180 g/mol. The summed E-state index contributed by atoms with van der Waals surface area (Å²) in [7, 11) is 0. The molecule has 0 saturated heterocycles. The van der Waals surface area contributed by atoms with E-state index in [4.69, 9.17) is 6.42 Å². The summed E-state index contributed by atoms with van der Waals surface area (Å²) in [5.74, 6) is 2.46. The number of aliphatic hydroxyl groups excluding tert-OH is 1. The molecule has 1 rings (SSSR count). The SMILES string of the molecule is C#CCC(O)c1ccccc1SC. The van der Waals surface area contributed by atoms with E-state index in [1.807, 2.05) is 30.5 Å². The molecule has 2 heteroatoms. The highest BCUT2D eigenvalue weighted by molar-refractivity contribution is 7.98. The van der Waals surface area contributed by atoms with E-state index in [0.717, 1.165) is 10.5 Å². The maximum Gasteiger partial charge on any atom is 0.0909 e. The lowest BCUT2D eigenvalue weighted by molar-refractivity contribution is 0.181. The minimum Gasteiger partial charge on any atom is -0.387 e. The third kappa shape index (κ3) is 2.51. The first-order chi connectivity index (χ1) is 6.29. The van der Waals surface area contributed by atoms with Crippen LogP contribution < -0.4 is 0 Å². The fourth-order valence-electron chi connectivity index (χ4n) is 1.16. The zero-order valence-electron chi connectivity index (χ0n) is 7.53. The minimum atomic E-state index is -0.534. The number of terminal acetylenes is 1. The Balaban J connectivity index is 2.93. The van der Waals surface area contributed by atoms with Crippen LogP contribution in [0.4, 0.5) is 0 Å². The topological polar surface area (TPSA) is 20.2 Å². The molecule has 0 aliphatic carbocycles. The van der Waals surface area contributed by atoms with E-state index in [0.29, 0.717) is 6.42 Å². The van der Waals surface area contributed by atoms with Gasteiger partial charge in [-0.1, -0.05) is 18.2 Å². The number of benzene rings is 1. The minimum absolute atomic E-state index is 0.373. The van der Waals surface area contributed by atoms with E-state index in [2.05, 4.69) is 5.92 Å². The number of aliphatic hydroxyl groups is 1. The highest BCUT2D eigenvalue weighted by atomic mass is 32.2. The molecule has 1 aromatic rings. The summed E-state index contributed by atoms with van der Waals surface area (Å²) >= 11 is 1.62. The van der Waals surface area contributed by atoms with Crippen LogP contribution in [0.25, 0.3) is 0 Å². The van der Waals surface area contributed by atoms with Crippen molar-refractivity contribution in [3.05, 3.63) is 29.8 Å². The van der Waals surface area contributed by atoms with Crippen molar-refractivity contribution in [2.45, 2.75) is 17.4 Å². The van der Waals surface area contributed by atoms with Crippen molar-refractivity contribution in [1.82, 2.24) is 0 Å². The third-order valence-electron chi connectivity index (χ3n) is 1.81. The molecular formula is C11H12OS. The van der Waals surface area contributed by atoms with Crippen molar-refractivity contribution in [3.8, 4) is 12.3 Å². The Hall–Kier alpha value is -0.910. The number of rotatable bonds is 3. The molecule has 0 aromatic heterocycles. The first kappa shape index (κ1) is 10.2. The van der Waals surface area contributed by atoms with Gasteiger partial charge in [0.2, 0.25) is 0 Å². The van der Waals surface area contributed by atoms with Crippen molar-refractivity contribution in [2.75, 3.05) is 6.26 Å². The second-order valence-corrected chi connectivity index (χ2v) is 3.51. The van der Waals surface area contributed by atoms with Gasteiger partial charge in [0.1, 0.15) is 0 Å². The van der Waals surface area contributed by atoms with Crippen molar-refractivity contribution in [1.29, 1.82) is 0 Å². The zero-order chi connectivity index (χ0) is 9.68. The Morgan fingerprint density at radius 1 is 1.54 bits per heavy atom. The Bertz CT molecular complexity index is 314. The van der Waals surface area contributed by atoms with Crippen LogP contribution in [-0.4, -0.2) is 11.4 Å². The van der Waals surface area contributed by atoms with Crippen LogP contribution in [0.15, 0.2) is 29.2 Å². The Morgan fingerprint density at radius 3 is 2.85 bits per heavy atom. The molecule has 0 spiro atoms. The molecule has 1 aromatic carbocycles. The first-order valence-electron chi connectivity index (χ1n) is 4.04. The Labute approximate surface area is 83.2 Å². The molecule has 1 nitrogen and oxygen atoms in total. The highest BCUT2D eigenvalue weighted by Crippen LogP contribution is 2.26. The van der Waals surface area contributed by atoms with Crippen LogP contribution in [0, 0.1) is 12.3 Å². The summed E-state index contributed by atoms with van der Waals surface area (Å²) in [4.78, 5) is 1.09. The molecule has 0 fully saturated rings. The number of hydrogen-bond donors (Lipinski definition) is 1. The zero-order valence-corrected chi connectivity index (χ0v) is 8.34. The molecule has 0 radical (unpaired) electrons. The predicted octanol–water partition coefficient (Wildman–Crippen LogP) is 2.47. The van der Waals surface area contributed by atoms with Crippen LogP contribution in [-0.2, 0) is 0 Å². The molecule has 1 unspecified atom stereocenters. The van der Waals surface area contributed by atoms with E-state index in [9.17, 15) is 5.11 Å². The number of hydrogen-bond acceptors (Lipinski definition) is 2. The van der Waals surface area contributed by atoms with Gasteiger partial charge in [0, 0.05) is 11.3 Å². The van der Waals surface area contributed by atoms with Crippen molar-refractivity contribution >= 4 is 11.8 Å². The standard InChI is InChI=1S/C11H12OS/c1-3-6-10(12)9-7-4-5-8-11(9)13-2/h1,4-5,7-8,10,12H,6H2,2H3. The van der Waals surface area contributed by atoms with Crippen LogP contribution in [0.5, 0.6) is 0 Å². The van der Waals surface area contributed by atoms with E-state index in [1.54, 1.807) is 11.8 Å². The van der Waals surface area contributed by atoms with E-state index >= 15 is 0 Å². The molecule has 13 heavy (non-hydrogen) atoms. The van der Waals surface area contributed by atoms with Gasteiger partial charge in [-0.2, -0.15) is 0 Å². The molecule has 0 aliphatic heterocycles. The largest absolute Gasteiger partial charge is 0.387 e. The smallest absolute Gasteiger partial charge is 0.0909 e. The average Bonchev–Trinajstić information content (AvgIpc) is 2.18. The first-order valence-corrected chi connectivity index (χ1v) is 5.26. The van der Waals surface area contributed by atoms with Gasteiger partial charge in [0.15, 0.2) is 0 Å². The fraction of sp³-hybridized carbons (Fsp3) is 0.273. The van der Waals surface area contributed by atoms with Crippen LogP contribution in [0.2, 0.25) is 0 Å². The van der Waals surface area contributed by atoms with Crippen LogP contribution >= 0.6 is 11.8 Å². The average molecular weight is 192 g/mol. The van der Waals surface area contributed by atoms with Gasteiger partial charge < -0.3 is 5.11 Å². The van der Waals surface area contributed by atoms with E-state index in [1.165, 1.54) is 0 Å². The third-order valence-corrected chi connectivity index (χ3v) is 2.62. The molecule has 0 saturated carbocycles. The Morgan fingerprint density at radius 2 is 2.23 bits per heavy atom. The summed E-state index contributed by atoms with van der Waals surface area (Å²) in [6.07, 6.45) is 6.97. The van der Waals surface area contributed by atoms with E-state index in [-0.39, 0.29) is 0 Å². The fourth-order valence-corrected chi connectivity index (χ4v) is 1.82. The molecule has 0 aliphatic rings. The van der Waals surface area contributed by atoms with Gasteiger partial charge in [-0.25, -0.2) is 0 Å². The van der Waals surface area contributed by atoms with E-state index < -0.39 is 6.10 Å². The maximum atomic E-state index is 9.68. The van der Waals surface area contributed by atoms with Gasteiger partial charge in [-0.05, 0) is 17.9 Å². The quantitative estimate of drug-likeness (QED) is 0.586. The summed E-state index contributed by atoms with van der Waals surface area (Å²) in [6.45, 7) is 0. The molecule has 0 amide bonds. The van der Waals surface area contributed by atoms with Crippen LogP contribution in [0.1, 0.15) is 18.1 Å². The second kappa shape index (κ2) is 4.96. The second-order valence-electron chi connectivity index (χ2n) is 2.67. The van der Waals surface area contributed by atoms with Gasteiger partial charge >= 0.3 is 0 Å². The lowest BCUT2D eigenvalue weighted by Gasteiger charge is -2.11. The monoisotopic (exact) mass is 192 g/mol. The maximum absolute atomic E-state index is 9.68. The Kier molecular flexibility index (Phi) is 3.88. The van der Waals surface area contributed by atoms with Crippen molar-refractivity contribution in [3.63, 3.8) is 0 Å². The highest BCUT2D eigenvalue weighted by Gasteiger charge is 2.09. The van der Waals surface area contributed by atoms with Crippen LogP contribution in [0.3, 0.4) is 0 Å². The van der Waals surface area contributed by atoms with Gasteiger partial charge in [-0.15, -0.1) is 24.1 Å². The summed E-state index contributed by atoms with van der Waals surface area (Å²) < 4.78 is 0. The van der Waals surface area contributed by atoms with Crippen molar-refractivity contribution in [2.24, 2.45) is 0 Å². The summed E-state index contributed by atoms with van der Waals surface area (Å²) in [5.41, 5.74) is 0.924. The molecule has 68 valence electrons. The van der Waals surface area contributed by atoms with Gasteiger partial charge in [-0.3, -0.25) is 0 Å². The lowest BCUT2D eigenvalue weighted by Crippen LogP contribution is -1.97. The molecule has 0 bridgehead atoms. The number of thioether (sulfide) groups is 1.